The Balaban J connectivity index is 3.21. The van der Waals surface area contributed by atoms with Gasteiger partial charge in [-0.3, -0.25) is 0 Å². The third-order valence-corrected chi connectivity index (χ3v) is 2.61. The molecule has 1 aromatic rings. The largest absolute Gasteiger partial charge is 0.330 e. The van der Waals surface area contributed by atoms with Gasteiger partial charge < -0.3 is 5.73 Å². The van der Waals surface area contributed by atoms with Crippen molar-refractivity contribution in [3.05, 3.63) is 33.8 Å². The van der Waals surface area contributed by atoms with Crippen LogP contribution in [0.3, 0.4) is 0 Å². The van der Waals surface area contributed by atoms with Crippen LogP contribution >= 0.6 is 15.9 Å². The molecule has 0 radical (unpaired) electrons. The molecule has 0 heterocycles. The summed E-state index contributed by atoms with van der Waals surface area (Å²) < 4.78 is 52.0. The normalized spacial score (nSPS) is 11.9. The predicted octanol–water partition coefficient (Wildman–Crippen LogP) is 3.17. The summed E-state index contributed by atoms with van der Waals surface area (Å²) in [4.78, 5) is 0. The molecule has 1 aromatic carbocycles. The fourth-order valence-corrected chi connectivity index (χ4v) is 1.47. The first kappa shape index (κ1) is 12.4. The number of hydrogen-bond acceptors (Lipinski definition) is 1. The van der Waals surface area contributed by atoms with Gasteiger partial charge in [0, 0.05) is 6.42 Å². The first-order valence-corrected chi connectivity index (χ1v) is 4.91. The van der Waals surface area contributed by atoms with Crippen LogP contribution in [0.1, 0.15) is 12.0 Å². The highest BCUT2D eigenvalue weighted by atomic mass is 79.9. The van der Waals surface area contributed by atoms with Crippen LogP contribution in [0.15, 0.2) is 16.6 Å². The zero-order chi connectivity index (χ0) is 11.6. The number of hydrogen-bond donors (Lipinski definition) is 1. The van der Waals surface area contributed by atoms with Crippen LogP contribution < -0.4 is 5.73 Å². The Morgan fingerprint density at radius 2 is 1.87 bits per heavy atom. The maximum absolute atomic E-state index is 13.3. The third kappa shape index (κ3) is 2.49. The molecule has 84 valence electrons. The number of halogens is 5. The highest BCUT2D eigenvalue weighted by molar-refractivity contribution is 9.10. The second kappa shape index (κ2) is 4.49. The first-order chi connectivity index (χ1) is 6.90. The molecule has 15 heavy (non-hydrogen) atoms. The lowest BCUT2D eigenvalue weighted by Crippen LogP contribution is -2.20. The van der Waals surface area contributed by atoms with Gasteiger partial charge in [0.05, 0.1) is 10.0 Å². The van der Waals surface area contributed by atoms with Crippen molar-refractivity contribution in [3.63, 3.8) is 0 Å². The zero-order valence-electron chi connectivity index (χ0n) is 7.54. The molecule has 0 saturated heterocycles. The van der Waals surface area contributed by atoms with E-state index in [1.54, 1.807) is 0 Å². The molecule has 0 aliphatic heterocycles. The number of benzene rings is 1. The van der Waals surface area contributed by atoms with Crippen molar-refractivity contribution in [2.45, 2.75) is 12.3 Å². The smallest absolute Gasteiger partial charge is 0.277 e. The van der Waals surface area contributed by atoms with Crippen molar-refractivity contribution in [1.82, 2.24) is 0 Å². The van der Waals surface area contributed by atoms with Crippen molar-refractivity contribution in [1.29, 1.82) is 0 Å². The van der Waals surface area contributed by atoms with Gasteiger partial charge in [0.15, 0.2) is 0 Å². The molecule has 0 aromatic heterocycles. The molecular weight excluding hydrogens is 278 g/mol. The lowest BCUT2D eigenvalue weighted by atomic mass is 10.0. The Morgan fingerprint density at radius 1 is 1.27 bits per heavy atom. The molecule has 0 aliphatic rings. The highest BCUT2D eigenvalue weighted by Crippen LogP contribution is 2.36. The summed E-state index contributed by atoms with van der Waals surface area (Å²) in [7, 11) is 0. The molecule has 0 amide bonds. The minimum atomic E-state index is -3.38. The SMILES string of the molecule is NCCC(F)(F)c1ccc(F)c(Br)c1F. The summed E-state index contributed by atoms with van der Waals surface area (Å²) in [6.45, 7) is -0.276. The Hall–Kier alpha value is -0.620. The summed E-state index contributed by atoms with van der Waals surface area (Å²) in [6.07, 6.45) is -0.679. The Kier molecular flexibility index (Phi) is 3.72. The van der Waals surface area contributed by atoms with Crippen LogP contribution in [0, 0.1) is 11.6 Å². The maximum atomic E-state index is 13.3. The standard InChI is InChI=1S/C9H8BrF4N/c10-7-6(11)2-1-5(8(7)12)9(13,14)3-4-15/h1-2H,3-4,15H2. The summed E-state index contributed by atoms with van der Waals surface area (Å²) in [5, 5.41) is 0. The van der Waals surface area contributed by atoms with Crippen molar-refractivity contribution in [3.8, 4) is 0 Å². The van der Waals surface area contributed by atoms with E-state index in [-0.39, 0.29) is 6.54 Å². The average molecular weight is 286 g/mol. The van der Waals surface area contributed by atoms with Crippen LogP contribution in [-0.2, 0) is 5.92 Å². The second-order valence-electron chi connectivity index (χ2n) is 2.97. The van der Waals surface area contributed by atoms with E-state index in [9.17, 15) is 17.6 Å². The summed E-state index contributed by atoms with van der Waals surface area (Å²) in [6, 6.07) is 1.51. The zero-order valence-corrected chi connectivity index (χ0v) is 9.12. The molecular formula is C9H8BrF4N. The summed E-state index contributed by atoms with van der Waals surface area (Å²) in [5.41, 5.74) is 4.14. The van der Waals surface area contributed by atoms with Gasteiger partial charge in [0.1, 0.15) is 11.6 Å². The topological polar surface area (TPSA) is 26.0 Å². The van der Waals surface area contributed by atoms with Crippen LogP contribution in [0.5, 0.6) is 0 Å². The van der Waals surface area contributed by atoms with E-state index in [0.717, 1.165) is 12.1 Å². The van der Waals surface area contributed by atoms with Gasteiger partial charge in [0.25, 0.3) is 5.92 Å². The van der Waals surface area contributed by atoms with E-state index in [4.69, 9.17) is 5.73 Å². The monoisotopic (exact) mass is 285 g/mol. The lowest BCUT2D eigenvalue weighted by molar-refractivity contribution is -0.0143. The van der Waals surface area contributed by atoms with E-state index >= 15 is 0 Å². The molecule has 1 nitrogen and oxygen atoms in total. The van der Waals surface area contributed by atoms with Crippen LogP contribution in [0.2, 0.25) is 0 Å². The van der Waals surface area contributed by atoms with Crippen LogP contribution in [0.4, 0.5) is 17.6 Å². The summed E-state index contributed by atoms with van der Waals surface area (Å²) in [5.74, 6) is -5.58. The van der Waals surface area contributed by atoms with E-state index < -0.39 is 34.0 Å². The molecule has 0 saturated carbocycles. The average Bonchev–Trinajstić information content (AvgIpc) is 2.13. The maximum Gasteiger partial charge on any atom is 0.277 e. The molecule has 1 rings (SSSR count). The molecule has 0 spiro atoms. The lowest BCUT2D eigenvalue weighted by Gasteiger charge is -2.17. The Bertz CT molecular complexity index is 367. The van der Waals surface area contributed by atoms with Gasteiger partial charge in [-0.1, -0.05) is 0 Å². The molecule has 0 unspecified atom stereocenters. The van der Waals surface area contributed by atoms with Gasteiger partial charge in [-0.15, -0.1) is 0 Å². The quantitative estimate of drug-likeness (QED) is 0.670. The molecule has 0 fully saturated rings. The fraction of sp³-hybridized carbons (Fsp3) is 0.333. The van der Waals surface area contributed by atoms with E-state index in [0.29, 0.717) is 0 Å². The van der Waals surface area contributed by atoms with E-state index in [2.05, 4.69) is 15.9 Å². The third-order valence-electron chi connectivity index (χ3n) is 1.89. The molecule has 2 N–H and O–H groups in total. The highest BCUT2D eigenvalue weighted by Gasteiger charge is 2.34. The number of alkyl halides is 2. The molecule has 0 bridgehead atoms. The van der Waals surface area contributed by atoms with Crippen LogP contribution in [0.25, 0.3) is 0 Å². The fourth-order valence-electron chi connectivity index (χ4n) is 1.12. The van der Waals surface area contributed by atoms with Crippen LogP contribution in [-0.4, -0.2) is 6.54 Å². The Labute approximate surface area is 92.4 Å². The van der Waals surface area contributed by atoms with Gasteiger partial charge in [-0.25, -0.2) is 17.6 Å². The molecule has 0 atom stereocenters. The van der Waals surface area contributed by atoms with Gasteiger partial charge in [-0.05, 0) is 34.6 Å². The predicted molar refractivity (Wildman–Crippen MR) is 51.6 cm³/mol. The molecule has 6 heteroatoms. The van der Waals surface area contributed by atoms with E-state index in [1.807, 2.05) is 0 Å². The van der Waals surface area contributed by atoms with E-state index in [1.165, 1.54) is 0 Å². The Morgan fingerprint density at radius 3 is 2.40 bits per heavy atom. The number of nitrogens with two attached hydrogens (primary N) is 1. The minimum absolute atomic E-state index is 0.276. The minimum Gasteiger partial charge on any atom is -0.330 e. The summed E-state index contributed by atoms with van der Waals surface area (Å²) >= 11 is 2.56. The van der Waals surface area contributed by atoms with Crippen molar-refractivity contribution in [2.75, 3.05) is 6.54 Å². The van der Waals surface area contributed by atoms with Crippen molar-refractivity contribution < 1.29 is 17.6 Å². The second-order valence-corrected chi connectivity index (χ2v) is 3.76. The van der Waals surface area contributed by atoms with Crippen molar-refractivity contribution in [2.24, 2.45) is 5.73 Å². The number of rotatable bonds is 3. The van der Waals surface area contributed by atoms with Gasteiger partial charge in [0.2, 0.25) is 0 Å². The molecule has 0 aliphatic carbocycles. The van der Waals surface area contributed by atoms with Gasteiger partial charge in [-0.2, -0.15) is 0 Å². The van der Waals surface area contributed by atoms with Crippen molar-refractivity contribution >= 4 is 15.9 Å². The first-order valence-electron chi connectivity index (χ1n) is 4.12. The van der Waals surface area contributed by atoms with Gasteiger partial charge >= 0.3 is 0 Å².